The van der Waals surface area contributed by atoms with E-state index in [0.717, 1.165) is 40.4 Å². The summed E-state index contributed by atoms with van der Waals surface area (Å²) in [5.41, 5.74) is 0.872. The zero-order valence-electron chi connectivity index (χ0n) is 12.1. The number of rotatable bonds is 1. The standard InChI is InChI=1S/C17H19BrN2O/c1-12-5-4-10-20(11-12)17(21)19-16-9-8-15(18)13-6-2-3-7-14(13)16/h2-3,6-9,12H,4-5,10-11H2,1H3,(H,19,21). The molecule has 21 heavy (non-hydrogen) atoms. The number of likely N-dealkylation sites (tertiary alicyclic amines) is 1. The highest BCUT2D eigenvalue weighted by molar-refractivity contribution is 9.10. The number of carbonyl (C=O) groups is 1. The molecule has 0 saturated carbocycles. The predicted molar refractivity (Wildman–Crippen MR) is 90.6 cm³/mol. The molecular formula is C17H19BrN2O. The minimum absolute atomic E-state index is 0.00836. The SMILES string of the molecule is CC1CCCN(C(=O)Nc2ccc(Br)c3ccccc23)C1. The summed E-state index contributed by atoms with van der Waals surface area (Å²) < 4.78 is 1.04. The van der Waals surface area contributed by atoms with Crippen LogP contribution in [0.1, 0.15) is 19.8 Å². The molecule has 0 spiro atoms. The summed E-state index contributed by atoms with van der Waals surface area (Å²) in [6.45, 7) is 3.90. The van der Waals surface area contributed by atoms with Crippen LogP contribution in [0.2, 0.25) is 0 Å². The maximum Gasteiger partial charge on any atom is 0.321 e. The lowest BCUT2D eigenvalue weighted by molar-refractivity contribution is 0.182. The molecule has 0 bridgehead atoms. The van der Waals surface area contributed by atoms with Crippen LogP contribution in [0, 0.1) is 5.92 Å². The predicted octanol–water partition coefficient (Wildman–Crippen LogP) is 4.87. The van der Waals surface area contributed by atoms with Gasteiger partial charge in [0.2, 0.25) is 0 Å². The minimum atomic E-state index is 0.00836. The molecule has 0 aromatic heterocycles. The first-order valence-corrected chi connectivity index (χ1v) is 8.17. The van der Waals surface area contributed by atoms with E-state index in [9.17, 15) is 4.79 Å². The molecule has 3 nitrogen and oxygen atoms in total. The molecule has 1 fully saturated rings. The van der Waals surface area contributed by atoms with Crippen LogP contribution in [-0.4, -0.2) is 24.0 Å². The van der Waals surface area contributed by atoms with E-state index in [0.29, 0.717) is 5.92 Å². The number of nitrogens with zero attached hydrogens (tertiary/aromatic N) is 1. The first-order valence-electron chi connectivity index (χ1n) is 7.38. The van der Waals surface area contributed by atoms with E-state index in [1.807, 2.05) is 35.2 Å². The van der Waals surface area contributed by atoms with Crippen molar-refractivity contribution in [1.82, 2.24) is 4.90 Å². The van der Waals surface area contributed by atoms with E-state index < -0.39 is 0 Å². The quantitative estimate of drug-likeness (QED) is 0.785. The topological polar surface area (TPSA) is 32.3 Å². The second kappa shape index (κ2) is 6.06. The van der Waals surface area contributed by atoms with Gasteiger partial charge in [0.05, 0.1) is 5.69 Å². The van der Waals surface area contributed by atoms with Crippen LogP contribution < -0.4 is 5.32 Å². The lowest BCUT2D eigenvalue weighted by Gasteiger charge is -2.31. The second-order valence-electron chi connectivity index (χ2n) is 5.76. The number of hydrogen-bond acceptors (Lipinski definition) is 1. The molecular weight excluding hydrogens is 328 g/mol. The van der Waals surface area contributed by atoms with Crippen molar-refractivity contribution < 1.29 is 4.79 Å². The summed E-state index contributed by atoms with van der Waals surface area (Å²) in [4.78, 5) is 14.4. The highest BCUT2D eigenvalue weighted by atomic mass is 79.9. The summed E-state index contributed by atoms with van der Waals surface area (Å²) in [6.07, 6.45) is 2.31. The van der Waals surface area contributed by atoms with Gasteiger partial charge >= 0.3 is 6.03 Å². The summed E-state index contributed by atoms with van der Waals surface area (Å²) in [6, 6.07) is 12.0. The van der Waals surface area contributed by atoms with Gasteiger partial charge < -0.3 is 10.2 Å². The van der Waals surface area contributed by atoms with Crippen molar-refractivity contribution in [2.45, 2.75) is 19.8 Å². The molecule has 0 radical (unpaired) electrons. The molecule has 110 valence electrons. The fourth-order valence-corrected chi connectivity index (χ4v) is 3.42. The van der Waals surface area contributed by atoms with Gasteiger partial charge in [-0.3, -0.25) is 0 Å². The van der Waals surface area contributed by atoms with E-state index in [2.05, 4.69) is 34.2 Å². The number of hydrogen-bond donors (Lipinski definition) is 1. The van der Waals surface area contributed by atoms with E-state index in [-0.39, 0.29) is 6.03 Å². The minimum Gasteiger partial charge on any atom is -0.324 e. The molecule has 3 rings (SSSR count). The Morgan fingerprint density at radius 3 is 2.76 bits per heavy atom. The lowest BCUT2D eigenvalue weighted by atomic mass is 10.0. The van der Waals surface area contributed by atoms with Crippen LogP contribution in [-0.2, 0) is 0 Å². The van der Waals surface area contributed by atoms with Gasteiger partial charge in [-0.2, -0.15) is 0 Å². The number of carbonyl (C=O) groups excluding carboxylic acids is 1. The average molecular weight is 347 g/mol. The van der Waals surface area contributed by atoms with E-state index in [4.69, 9.17) is 0 Å². The summed E-state index contributed by atoms with van der Waals surface area (Å²) in [5, 5.41) is 5.24. The number of piperidine rings is 1. The number of anilines is 1. The lowest BCUT2D eigenvalue weighted by Crippen LogP contribution is -2.41. The smallest absolute Gasteiger partial charge is 0.321 e. The number of amides is 2. The number of halogens is 1. The molecule has 2 amide bonds. The first kappa shape index (κ1) is 14.4. The highest BCUT2D eigenvalue weighted by Gasteiger charge is 2.21. The van der Waals surface area contributed by atoms with Gasteiger partial charge in [-0.15, -0.1) is 0 Å². The molecule has 1 aliphatic heterocycles. The Morgan fingerprint density at radius 2 is 2.00 bits per heavy atom. The number of nitrogens with one attached hydrogen (secondary N) is 1. The zero-order chi connectivity index (χ0) is 14.8. The first-order chi connectivity index (χ1) is 10.1. The van der Waals surface area contributed by atoms with E-state index in [1.54, 1.807) is 0 Å². The van der Waals surface area contributed by atoms with Crippen LogP contribution in [0.25, 0.3) is 10.8 Å². The van der Waals surface area contributed by atoms with Gasteiger partial charge in [0.25, 0.3) is 0 Å². The zero-order valence-corrected chi connectivity index (χ0v) is 13.7. The van der Waals surface area contributed by atoms with Crippen LogP contribution >= 0.6 is 15.9 Å². The molecule has 1 N–H and O–H groups in total. The van der Waals surface area contributed by atoms with E-state index in [1.165, 1.54) is 6.42 Å². The molecule has 1 heterocycles. The number of fused-ring (bicyclic) bond motifs is 1. The van der Waals surface area contributed by atoms with Gasteiger partial charge in [0, 0.05) is 22.9 Å². The molecule has 1 saturated heterocycles. The van der Waals surface area contributed by atoms with Gasteiger partial charge in [0.1, 0.15) is 0 Å². The summed E-state index contributed by atoms with van der Waals surface area (Å²) in [7, 11) is 0. The molecule has 1 atom stereocenters. The Morgan fingerprint density at radius 1 is 1.24 bits per heavy atom. The van der Waals surface area contributed by atoms with Crippen molar-refractivity contribution in [2.75, 3.05) is 18.4 Å². The highest BCUT2D eigenvalue weighted by Crippen LogP contribution is 2.30. The van der Waals surface area contributed by atoms with Crippen LogP contribution in [0.15, 0.2) is 40.9 Å². The third kappa shape index (κ3) is 3.05. The number of benzene rings is 2. The van der Waals surface area contributed by atoms with Crippen LogP contribution in [0.3, 0.4) is 0 Å². The Hall–Kier alpha value is -1.55. The second-order valence-corrected chi connectivity index (χ2v) is 6.62. The monoisotopic (exact) mass is 346 g/mol. The van der Waals surface area contributed by atoms with Gasteiger partial charge in [-0.05, 0) is 36.3 Å². The molecule has 1 unspecified atom stereocenters. The van der Waals surface area contributed by atoms with E-state index >= 15 is 0 Å². The molecule has 0 aliphatic carbocycles. The van der Waals surface area contributed by atoms with Crippen molar-refractivity contribution >= 4 is 38.4 Å². The van der Waals surface area contributed by atoms with Crippen molar-refractivity contribution in [3.63, 3.8) is 0 Å². The van der Waals surface area contributed by atoms with Crippen molar-refractivity contribution in [3.8, 4) is 0 Å². The van der Waals surface area contributed by atoms with Crippen LogP contribution in [0.4, 0.5) is 10.5 Å². The molecule has 4 heteroatoms. The third-order valence-corrected chi connectivity index (χ3v) is 4.75. The maximum atomic E-state index is 12.4. The third-order valence-electron chi connectivity index (χ3n) is 4.06. The summed E-state index contributed by atoms with van der Waals surface area (Å²) in [5.74, 6) is 0.589. The van der Waals surface area contributed by atoms with Crippen molar-refractivity contribution in [1.29, 1.82) is 0 Å². The normalized spacial score (nSPS) is 18.8. The van der Waals surface area contributed by atoms with Gasteiger partial charge in [-0.25, -0.2) is 4.79 Å². The summed E-state index contributed by atoms with van der Waals surface area (Å²) >= 11 is 3.56. The Bertz CT molecular complexity index is 671. The Labute approximate surface area is 133 Å². The van der Waals surface area contributed by atoms with Gasteiger partial charge in [0.15, 0.2) is 0 Å². The molecule has 2 aromatic carbocycles. The average Bonchev–Trinajstić information content (AvgIpc) is 2.50. The number of urea groups is 1. The maximum absolute atomic E-state index is 12.4. The van der Waals surface area contributed by atoms with Crippen molar-refractivity contribution in [2.24, 2.45) is 5.92 Å². The Kier molecular flexibility index (Phi) is 4.15. The molecule has 2 aromatic rings. The largest absolute Gasteiger partial charge is 0.324 e. The van der Waals surface area contributed by atoms with Gasteiger partial charge in [-0.1, -0.05) is 47.1 Å². The molecule has 1 aliphatic rings. The van der Waals surface area contributed by atoms with Crippen molar-refractivity contribution in [3.05, 3.63) is 40.9 Å². The van der Waals surface area contributed by atoms with Crippen LogP contribution in [0.5, 0.6) is 0 Å². The Balaban J connectivity index is 1.85. The fourth-order valence-electron chi connectivity index (χ4n) is 2.94. The fraction of sp³-hybridized carbons (Fsp3) is 0.353.